The Labute approximate surface area is 210 Å². The molecule has 0 spiro atoms. The average Bonchev–Trinajstić information content (AvgIpc) is 3.34. The quantitative estimate of drug-likeness (QED) is 0.361. The van der Waals surface area contributed by atoms with Gasteiger partial charge in [-0.05, 0) is 23.8 Å². The Kier molecular flexibility index (Phi) is 6.73. The van der Waals surface area contributed by atoms with Crippen molar-refractivity contribution in [2.24, 2.45) is 0 Å². The number of methoxy groups -OCH3 is 1. The molecule has 3 heterocycles. The molecule has 5 rings (SSSR count). The highest BCUT2D eigenvalue weighted by Crippen LogP contribution is 2.21. The van der Waals surface area contributed by atoms with Gasteiger partial charge in [-0.2, -0.15) is 5.10 Å². The predicted molar refractivity (Wildman–Crippen MR) is 131 cm³/mol. The van der Waals surface area contributed by atoms with Crippen molar-refractivity contribution in [3.05, 3.63) is 87.1 Å². The largest absolute Gasteiger partial charge is 0.383 e. The van der Waals surface area contributed by atoms with Gasteiger partial charge in [-0.3, -0.25) is 14.4 Å². The van der Waals surface area contributed by atoms with E-state index in [9.17, 15) is 18.8 Å². The molecule has 4 aromatic rings. The molecule has 11 nitrogen and oxygen atoms in total. The van der Waals surface area contributed by atoms with E-state index in [1.54, 1.807) is 28.8 Å². The third-order valence-corrected chi connectivity index (χ3v) is 6.24. The highest BCUT2D eigenvalue weighted by molar-refractivity contribution is 5.95. The summed E-state index contributed by atoms with van der Waals surface area (Å²) in [6, 6.07) is 11.5. The number of carbonyl (C=O) groups excluding carboxylic acids is 2. The Balaban J connectivity index is 1.34. The van der Waals surface area contributed by atoms with Crippen molar-refractivity contribution in [3.8, 4) is 0 Å². The van der Waals surface area contributed by atoms with Crippen LogP contribution < -0.4 is 10.9 Å². The van der Waals surface area contributed by atoms with E-state index in [2.05, 4.69) is 25.7 Å². The van der Waals surface area contributed by atoms with Crippen molar-refractivity contribution in [3.63, 3.8) is 0 Å². The molecule has 0 saturated carbocycles. The van der Waals surface area contributed by atoms with Gasteiger partial charge in [0.15, 0.2) is 5.82 Å². The van der Waals surface area contributed by atoms with Crippen LogP contribution in [0.2, 0.25) is 0 Å². The fourth-order valence-electron chi connectivity index (χ4n) is 4.36. The van der Waals surface area contributed by atoms with Gasteiger partial charge in [0.25, 0.3) is 17.4 Å². The first kappa shape index (κ1) is 24.3. The van der Waals surface area contributed by atoms with Crippen LogP contribution in [0, 0.1) is 5.82 Å². The summed E-state index contributed by atoms with van der Waals surface area (Å²) >= 11 is 0. The second-order valence-electron chi connectivity index (χ2n) is 8.60. The SMILES string of the molecule is COCCNC(=O)c1nnc2n1CCN(C(=O)c1cc(Cc3n[nH]c(=O)c4ccccc34)ccc1F)C2. The fraction of sp³-hybridized carbons (Fsp3) is 0.280. The lowest BCUT2D eigenvalue weighted by Gasteiger charge is -2.28. The first-order valence-corrected chi connectivity index (χ1v) is 11.7. The molecular formula is C25H24FN7O4. The smallest absolute Gasteiger partial charge is 0.289 e. The van der Waals surface area contributed by atoms with Gasteiger partial charge in [0.1, 0.15) is 5.82 Å². The number of amides is 2. The Bertz CT molecular complexity index is 1550. The molecule has 2 aromatic carbocycles. The van der Waals surface area contributed by atoms with Crippen LogP contribution in [0.15, 0.2) is 47.3 Å². The van der Waals surface area contributed by atoms with Crippen molar-refractivity contribution in [1.82, 2.24) is 35.2 Å². The molecule has 0 saturated heterocycles. The summed E-state index contributed by atoms with van der Waals surface area (Å²) in [4.78, 5) is 39.2. The topological polar surface area (TPSA) is 135 Å². The molecule has 2 N–H and O–H groups in total. The zero-order valence-corrected chi connectivity index (χ0v) is 20.0. The molecule has 0 atom stereocenters. The van der Waals surface area contributed by atoms with E-state index in [-0.39, 0.29) is 35.9 Å². The number of halogens is 1. The number of aromatic nitrogens is 5. The van der Waals surface area contributed by atoms with Gasteiger partial charge in [0.05, 0.1) is 29.8 Å². The molecule has 37 heavy (non-hydrogen) atoms. The van der Waals surface area contributed by atoms with Gasteiger partial charge in [0, 0.05) is 38.6 Å². The van der Waals surface area contributed by atoms with Crippen molar-refractivity contribution in [2.75, 3.05) is 26.8 Å². The highest BCUT2D eigenvalue weighted by Gasteiger charge is 2.28. The summed E-state index contributed by atoms with van der Waals surface area (Å²) < 4.78 is 21.4. The fourth-order valence-corrected chi connectivity index (χ4v) is 4.36. The number of ether oxygens (including phenoxy) is 1. The minimum atomic E-state index is -0.640. The third kappa shape index (κ3) is 4.83. The number of aromatic amines is 1. The van der Waals surface area contributed by atoms with E-state index in [1.165, 1.54) is 24.1 Å². The summed E-state index contributed by atoms with van der Waals surface area (Å²) in [5.41, 5.74) is 0.923. The van der Waals surface area contributed by atoms with Crippen LogP contribution in [-0.2, 0) is 24.2 Å². The first-order valence-electron chi connectivity index (χ1n) is 11.7. The van der Waals surface area contributed by atoms with Crippen LogP contribution >= 0.6 is 0 Å². The van der Waals surface area contributed by atoms with Crippen LogP contribution in [0.3, 0.4) is 0 Å². The van der Waals surface area contributed by atoms with E-state index < -0.39 is 11.7 Å². The van der Waals surface area contributed by atoms with Crippen LogP contribution in [0.1, 0.15) is 38.1 Å². The first-order chi connectivity index (χ1) is 18.0. The van der Waals surface area contributed by atoms with Gasteiger partial charge < -0.3 is 19.5 Å². The standard InChI is InChI=1S/C25H24FN7O4/c1-37-11-8-27-24(35)22-30-29-21-14-32(9-10-33(21)22)25(36)18-12-15(6-7-19(18)26)13-20-16-4-2-3-5-17(16)23(34)31-28-20/h2-7,12H,8-11,13-14H2,1H3,(H,27,35)(H,31,34). The maximum atomic E-state index is 14.8. The Morgan fingerprint density at radius 1 is 1.14 bits per heavy atom. The Morgan fingerprint density at radius 2 is 1.95 bits per heavy atom. The van der Waals surface area contributed by atoms with Crippen LogP contribution in [0.5, 0.6) is 0 Å². The maximum absolute atomic E-state index is 14.8. The number of nitrogens with zero attached hydrogens (tertiary/aromatic N) is 5. The zero-order valence-electron chi connectivity index (χ0n) is 20.0. The van der Waals surface area contributed by atoms with Crippen LogP contribution in [0.4, 0.5) is 4.39 Å². The second kappa shape index (κ2) is 10.3. The number of hydrogen-bond acceptors (Lipinski definition) is 7. The maximum Gasteiger partial charge on any atom is 0.289 e. The number of H-pyrrole nitrogens is 1. The van der Waals surface area contributed by atoms with Crippen LogP contribution in [0.25, 0.3) is 10.8 Å². The van der Waals surface area contributed by atoms with Gasteiger partial charge >= 0.3 is 0 Å². The monoisotopic (exact) mass is 505 g/mol. The average molecular weight is 506 g/mol. The zero-order chi connectivity index (χ0) is 25.9. The number of hydrogen-bond donors (Lipinski definition) is 2. The lowest BCUT2D eigenvalue weighted by Crippen LogP contribution is -2.40. The van der Waals surface area contributed by atoms with Gasteiger partial charge in [-0.1, -0.05) is 24.3 Å². The lowest BCUT2D eigenvalue weighted by atomic mass is 10.0. The molecule has 0 unspecified atom stereocenters. The minimum absolute atomic E-state index is 0.0725. The number of benzene rings is 2. The molecule has 2 aromatic heterocycles. The molecule has 190 valence electrons. The van der Waals surface area contributed by atoms with Crippen molar-refractivity contribution < 1.29 is 18.7 Å². The van der Waals surface area contributed by atoms with Gasteiger partial charge in [0.2, 0.25) is 5.82 Å². The Morgan fingerprint density at radius 3 is 2.76 bits per heavy atom. The summed E-state index contributed by atoms with van der Waals surface area (Å²) in [7, 11) is 1.54. The van der Waals surface area contributed by atoms with E-state index in [0.29, 0.717) is 54.0 Å². The predicted octanol–water partition coefficient (Wildman–Crippen LogP) is 1.28. The van der Waals surface area contributed by atoms with E-state index in [1.807, 2.05) is 6.07 Å². The Hall–Kier alpha value is -4.45. The molecule has 0 aliphatic carbocycles. The molecule has 1 aliphatic rings. The van der Waals surface area contributed by atoms with Crippen molar-refractivity contribution in [1.29, 1.82) is 0 Å². The molecule has 0 fully saturated rings. The summed E-state index contributed by atoms with van der Waals surface area (Å²) in [5.74, 6) is -0.904. The van der Waals surface area contributed by atoms with Crippen LogP contribution in [-0.4, -0.2) is 68.5 Å². The summed E-state index contributed by atoms with van der Waals surface area (Å²) in [6.45, 7) is 1.36. The molecule has 0 bridgehead atoms. The van der Waals surface area contributed by atoms with Crippen molar-refractivity contribution in [2.45, 2.75) is 19.5 Å². The summed E-state index contributed by atoms with van der Waals surface area (Å²) in [6.07, 6.45) is 0.299. The second-order valence-corrected chi connectivity index (χ2v) is 8.60. The molecule has 12 heteroatoms. The number of fused-ring (bicyclic) bond motifs is 2. The van der Waals surface area contributed by atoms with Gasteiger partial charge in [-0.25, -0.2) is 9.49 Å². The number of nitrogens with one attached hydrogen (secondary N) is 2. The third-order valence-electron chi connectivity index (χ3n) is 6.24. The number of carbonyl (C=O) groups is 2. The molecule has 2 amide bonds. The van der Waals surface area contributed by atoms with Gasteiger partial charge in [-0.15, -0.1) is 10.2 Å². The molecular weight excluding hydrogens is 481 g/mol. The normalized spacial score (nSPS) is 13.0. The minimum Gasteiger partial charge on any atom is -0.383 e. The number of rotatable bonds is 7. The van der Waals surface area contributed by atoms with E-state index >= 15 is 0 Å². The van der Waals surface area contributed by atoms with Crippen molar-refractivity contribution >= 4 is 22.6 Å². The highest BCUT2D eigenvalue weighted by atomic mass is 19.1. The molecule has 1 aliphatic heterocycles. The lowest BCUT2D eigenvalue weighted by molar-refractivity contribution is 0.0701. The molecule has 0 radical (unpaired) electrons. The van der Waals surface area contributed by atoms with E-state index in [4.69, 9.17) is 4.74 Å². The summed E-state index contributed by atoms with van der Waals surface area (Å²) in [5, 5.41) is 18.6. The van der Waals surface area contributed by atoms with E-state index in [0.717, 1.165) is 0 Å².